The number of amides is 1. The van der Waals surface area contributed by atoms with E-state index in [4.69, 9.17) is 0 Å². The van der Waals surface area contributed by atoms with E-state index in [2.05, 4.69) is 26.1 Å². The molecule has 0 radical (unpaired) electrons. The lowest BCUT2D eigenvalue weighted by molar-refractivity contribution is -0.128. The van der Waals surface area contributed by atoms with Crippen molar-refractivity contribution in [3.05, 3.63) is 0 Å². The van der Waals surface area contributed by atoms with Crippen LogP contribution in [0.25, 0.3) is 0 Å². The van der Waals surface area contributed by atoms with E-state index < -0.39 is 0 Å². The molecule has 0 spiro atoms. The number of carbonyl (C=O) groups excluding carboxylic acids is 1. The van der Waals surface area contributed by atoms with Crippen LogP contribution in [0.1, 0.15) is 33.6 Å². The van der Waals surface area contributed by atoms with Crippen molar-refractivity contribution in [2.45, 2.75) is 39.8 Å². The predicted molar refractivity (Wildman–Crippen MR) is 53.2 cm³/mol. The quantitative estimate of drug-likeness (QED) is 0.712. The van der Waals surface area contributed by atoms with Gasteiger partial charge in [0.1, 0.15) is 0 Å². The second-order valence-electron chi connectivity index (χ2n) is 4.13. The van der Waals surface area contributed by atoms with Gasteiger partial charge in [0.2, 0.25) is 5.91 Å². The Morgan fingerprint density at radius 2 is 2.31 bits per heavy atom. The molecule has 1 fully saturated rings. The molecule has 1 saturated heterocycles. The van der Waals surface area contributed by atoms with Crippen molar-refractivity contribution >= 4 is 5.91 Å². The van der Waals surface area contributed by atoms with Gasteiger partial charge >= 0.3 is 0 Å². The Kier molecular flexibility index (Phi) is 3.72. The summed E-state index contributed by atoms with van der Waals surface area (Å²) >= 11 is 0. The van der Waals surface area contributed by atoms with E-state index in [0.29, 0.717) is 18.6 Å². The number of rotatable bonds is 4. The summed E-state index contributed by atoms with van der Waals surface area (Å²) < 4.78 is 0. The number of nitrogens with zero attached hydrogens (tertiary/aromatic N) is 1. The lowest BCUT2D eigenvalue weighted by Crippen LogP contribution is -2.39. The molecule has 0 bridgehead atoms. The Morgan fingerprint density at radius 1 is 1.62 bits per heavy atom. The Balaban J connectivity index is 2.49. The molecule has 0 aromatic rings. The maximum absolute atomic E-state index is 11.5. The topological polar surface area (TPSA) is 32.3 Å². The van der Waals surface area contributed by atoms with Crippen LogP contribution in [-0.2, 0) is 4.79 Å². The average Bonchev–Trinajstić information content (AvgIpc) is 2.36. The molecule has 0 aromatic carbocycles. The molecule has 1 aliphatic heterocycles. The van der Waals surface area contributed by atoms with E-state index in [-0.39, 0.29) is 5.91 Å². The predicted octanol–water partition coefficient (Wildman–Crippen LogP) is 1.20. The first kappa shape index (κ1) is 10.5. The average molecular weight is 184 g/mol. The molecule has 13 heavy (non-hydrogen) atoms. The first-order chi connectivity index (χ1) is 6.15. The molecule has 1 atom stereocenters. The molecule has 3 nitrogen and oxygen atoms in total. The van der Waals surface area contributed by atoms with Gasteiger partial charge in [0, 0.05) is 6.54 Å². The molecule has 1 unspecified atom stereocenters. The van der Waals surface area contributed by atoms with Gasteiger partial charge in [-0.3, -0.25) is 10.1 Å². The zero-order chi connectivity index (χ0) is 9.84. The second kappa shape index (κ2) is 4.61. The van der Waals surface area contributed by atoms with Gasteiger partial charge in [0.15, 0.2) is 0 Å². The summed E-state index contributed by atoms with van der Waals surface area (Å²) in [5.41, 5.74) is 0. The summed E-state index contributed by atoms with van der Waals surface area (Å²) in [6, 6.07) is 0. The highest BCUT2D eigenvalue weighted by Crippen LogP contribution is 2.12. The van der Waals surface area contributed by atoms with Crippen molar-refractivity contribution in [3.63, 3.8) is 0 Å². The van der Waals surface area contributed by atoms with Crippen molar-refractivity contribution in [2.75, 3.05) is 13.1 Å². The summed E-state index contributed by atoms with van der Waals surface area (Å²) in [6.45, 7) is 7.86. The van der Waals surface area contributed by atoms with E-state index in [1.54, 1.807) is 0 Å². The fraction of sp³-hybridized carbons (Fsp3) is 0.900. The standard InChI is InChI=1S/C10H20N2O/c1-4-5-9-11-6-10(13)12(9)7-8(2)3/h8-9,11H,4-7H2,1-3H3. The van der Waals surface area contributed by atoms with Crippen LogP contribution in [-0.4, -0.2) is 30.1 Å². The largest absolute Gasteiger partial charge is 0.326 e. The SMILES string of the molecule is CCCC1NCC(=O)N1CC(C)C. The summed E-state index contributed by atoms with van der Waals surface area (Å²) in [7, 11) is 0. The zero-order valence-corrected chi connectivity index (χ0v) is 8.84. The van der Waals surface area contributed by atoms with Gasteiger partial charge in [-0.2, -0.15) is 0 Å². The first-order valence-corrected chi connectivity index (χ1v) is 5.18. The van der Waals surface area contributed by atoms with Crippen LogP contribution < -0.4 is 5.32 Å². The van der Waals surface area contributed by atoms with Crippen LogP contribution >= 0.6 is 0 Å². The molecule has 0 saturated carbocycles. The minimum Gasteiger partial charge on any atom is -0.326 e. The highest BCUT2D eigenvalue weighted by molar-refractivity contribution is 5.80. The zero-order valence-electron chi connectivity index (χ0n) is 8.84. The summed E-state index contributed by atoms with van der Waals surface area (Å²) in [6.07, 6.45) is 2.48. The number of hydrogen-bond donors (Lipinski definition) is 1. The van der Waals surface area contributed by atoms with Crippen molar-refractivity contribution in [1.29, 1.82) is 0 Å². The second-order valence-corrected chi connectivity index (χ2v) is 4.13. The molecule has 1 N–H and O–H groups in total. The highest BCUT2D eigenvalue weighted by atomic mass is 16.2. The van der Waals surface area contributed by atoms with E-state index in [1.807, 2.05) is 4.90 Å². The molecule has 1 rings (SSSR count). The molecule has 1 aliphatic rings. The number of nitrogens with one attached hydrogen (secondary N) is 1. The van der Waals surface area contributed by atoms with Gasteiger partial charge < -0.3 is 4.90 Å². The molecular formula is C10H20N2O. The maximum atomic E-state index is 11.5. The number of hydrogen-bond acceptors (Lipinski definition) is 2. The Bertz CT molecular complexity index is 180. The first-order valence-electron chi connectivity index (χ1n) is 5.18. The third-order valence-corrected chi connectivity index (χ3v) is 2.31. The minimum atomic E-state index is 0.257. The van der Waals surface area contributed by atoms with Crippen molar-refractivity contribution in [1.82, 2.24) is 10.2 Å². The van der Waals surface area contributed by atoms with Crippen molar-refractivity contribution in [3.8, 4) is 0 Å². The van der Waals surface area contributed by atoms with Gasteiger partial charge in [0.25, 0.3) is 0 Å². The Hall–Kier alpha value is -0.570. The fourth-order valence-corrected chi connectivity index (χ4v) is 1.74. The molecule has 1 heterocycles. The maximum Gasteiger partial charge on any atom is 0.237 e. The highest BCUT2D eigenvalue weighted by Gasteiger charge is 2.29. The third-order valence-electron chi connectivity index (χ3n) is 2.31. The van der Waals surface area contributed by atoms with E-state index in [1.165, 1.54) is 0 Å². The number of carbonyl (C=O) groups is 1. The monoisotopic (exact) mass is 184 g/mol. The fourth-order valence-electron chi connectivity index (χ4n) is 1.74. The third kappa shape index (κ3) is 2.69. The van der Waals surface area contributed by atoms with Crippen LogP contribution in [0.2, 0.25) is 0 Å². The van der Waals surface area contributed by atoms with Crippen molar-refractivity contribution < 1.29 is 4.79 Å². The molecule has 3 heteroatoms. The summed E-state index contributed by atoms with van der Waals surface area (Å²) in [5, 5.41) is 3.24. The molecule has 0 aliphatic carbocycles. The molecule has 1 amide bonds. The van der Waals surface area contributed by atoms with E-state index in [0.717, 1.165) is 19.4 Å². The lowest BCUT2D eigenvalue weighted by atomic mass is 10.2. The van der Waals surface area contributed by atoms with Crippen LogP contribution in [0.4, 0.5) is 0 Å². The van der Waals surface area contributed by atoms with Gasteiger partial charge in [-0.15, -0.1) is 0 Å². The molecule has 0 aromatic heterocycles. The van der Waals surface area contributed by atoms with Crippen LogP contribution in [0.15, 0.2) is 0 Å². The van der Waals surface area contributed by atoms with Gasteiger partial charge in [0.05, 0.1) is 12.7 Å². The summed E-state index contributed by atoms with van der Waals surface area (Å²) in [4.78, 5) is 13.4. The van der Waals surface area contributed by atoms with Gasteiger partial charge in [-0.05, 0) is 12.3 Å². The van der Waals surface area contributed by atoms with E-state index >= 15 is 0 Å². The lowest BCUT2D eigenvalue weighted by Gasteiger charge is -2.25. The Morgan fingerprint density at radius 3 is 2.85 bits per heavy atom. The minimum absolute atomic E-state index is 0.257. The van der Waals surface area contributed by atoms with Gasteiger partial charge in [-0.1, -0.05) is 27.2 Å². The van der Waals surface area contributed by atoms with E-state index in [9.17, 15) is 4.79 Å². The normalized spacial score (nSPS) is 23.2. The molecule has 76 valence electrons. The Labute approximate surface area is 80.5 Å². The van der Waals surface area contributed by atoms with Crippen molar-refractivity contribution in [2.24, 2.45) is 5.92 Å². The van der Waals surface area contributed by atoms with Crippen LogP contribution in [0.3, 0.4) is 0 Å². The van der Waals surface area contributed by atoms with Gasteiger partial charge in [-0.25, -0.2) is 0 Å². The summed E-state index contributed by atoms with van der Waals surface area (Å²) in [5.74, 6) is 0.815. The van der Waals surface area contributed by atoms with Crippen LogP contribution in [0.5, 0.6) is 0 Å². The smallest absolute Gasteiger partial charge is 0.237 e. The van der Waals surface area contributed by atoms with Crippen LogP contribution in [0, 0.1) is 5.92 Å². The molecular weight excluding hydrogens is 164 g/mol.